The van der Waals surface area contributed by atoms with Crippen LogP contribution in [0.5, 0.6) is 11.5 Å². The number of benzene rings is 2. The van der Waals surface area contributed by atoms with Gasteiger partial charge in [0.1, 0.15) is 10.6 Å². The summed E-state index contributed by atoms with van der Waals surface area (Å²) >= 11 is 10.8. The lowest BCUT2D eigenvalue weighted by atomic mass is 10.0. The highest BCUT2D eigenvalue weighted by Crippen LogP contribution is 2.37. The van der Waals surface area contributed by atoms with E-state index >= 15 is 0 Å². The van der Waals surface area contributed by atoms with Gasteiger partial charge in [0.2, 0.25) is 5.91 Å². The van der Waals surface area contributed by atoms with Crippen LogP contribution >= 0.6 is 38.9 Å². The Balaban J connectivity index is 1.79. The van der Waals surface area contributed by atoms with Crippen LogP contribution in [0.1, 0.15) is 29.3 Å². The second kappa shape index (κ2) is 11.5. The largest absolute Gasteiger partial charge is 0.493 e. The summed E-state index contributed by atoms with van der Waals surface area (Å²) in [5.74, 6) is 0.491. The van der Waals surface area contributed by atoms with Gasteiger partial charge in [-0.05, 0) is 48.7 Å². The highest BCUT2D eigenvalue weighted by Gasteiger charge is 2.23. The van der Waals surface area contributed by atoms with Gasteiger partial charge in [0.15, 0.2) is 11.5 Å². The Morgan fingerprint density at radius 1 is 1.09 bits per heavy atom. The number of thiophene rings is 1. The van der Waals surface area contributed by atoms with Gasteiger partial charge in [0, 0.05) is 26.9 Å². The number of rotatable bonds is 9. The molecule has 1 amide bonds. The zero-order chi connectivity index (χ0) is 24.0. The lowest BCUT2D eigenvalue weighted by Gasteiger charge is -2.12. The molecule has 0 unspecified atom stereocenters. The second-order valence-corrected chi connectivity index (χ2v) is 9.10. The number of methoxy groups -OCH3 is 2. The molecule has 0 aliphatic heterocycles. The minimum Gasteiger partial charge on any atom is -0.493 e. The summed E-state index contributed by atoms with van der Waals surface area (Å²) in [4.78, 5) is 25.5. The number of amides is 1. The monoisotopic (exact) mass is 551 g/mol. The quantitative estimate of drug-likeness (QED) is 0.303. The third-order valence-electron chi connectivity index (χ3n) is 4.85. The molecule has 0 spiro atoms. The predicted molar refractivity (Wildman–Crippen MR) is 135 cm³/mol. The number of ether oxygens (including phenoxy) is 3. The Labute approximate surface area is 209 Å². The number of nitrogens with one attached hydrogen (secondary N) is 1. The van der Waals surface area contributed by atoms with E-state index in [1.807, 2.05) is 29.6 Å². The summed E-state index contributed by atoms with van der Waals surface area (Å²) in [6, 6.07) is 10.8. The van der Waals surface area contributed by atoms with E-state index in [1.165, 1.54) is 11.3 Å². The van der Waals surface area contributed by atoms with Crippen molar-refractivity contribution in [3.63, 3.8) is 0 Å². The van der Waals surface area contributed by atoms with Crippen LogP contribution in [0.4, 0.5) is 5.00 Å². The van der Waals surface area contributed by atoms with Crippen molar-refractivity contribution in [2.24, 2.45) is 0 Å². The molecule has 174 valence electrons. The van der Waals surface area contributed by atoms with Crippen molar-refractivity contribution in [1.29, 1.82) is 0 Å². The molecular weight excluding hydrogens is 530 g/mol. The molecule has 1 heterocycles. The fourth-order valence-electron chi connectivity index (χ4n) is 3.22. The highest BCUT2D eigenvalue weighted by molar-refractivity contribution is 9.10. The van der Waals surface area contributed by atoms with Crippen molar-refractivity contribution >= 4 is 55.7 Å². The summed E-state index contributed by atoms with van der Waals surface area (Å²) < 4.78 is 16.7. The first-order valence-electron chi connectivity index (χ1n) is 10.1. The molecule has 33 heavy (non-hydrogen) atoms. The van der Waals surface area contributed by atoms with E-state index in [4.69, 9.17) is 25.8 Å². The molecule has 3 rings (SSSR count). The third kappa shape index (κ3) is 6.07. The molecule has 0 bridgehead atoms. The first-order chi connectivity index (χ1) is 15.9. The molecule has 0 saturated heterocycles. The number of aryl methyl sites for hydroxylation is 1. The molecule has 1 N–H and O–H groups in total. The molecule has 0 radical (unpaired) electrons. The number of carbonyl (C=O) groups is 2. The van der Waals surface area contributed by atoms with Crippen LogP contribution in [0.15, 0.2) is 46.3 Å². The smallest absolute Gasteiger partial charge is 0.341 e. The van der Waals surface area contributed by atoms with Crippen LogP contribution in [-0.4, -0.2) is 32.7 Å². The van der Waals surface area contributed by atoms with E-state index in [0.717, 1.165) is 15.6 Å². The van der Waals surface area contributed by atoms with Crippen molar-refractivity contribution in [2.75, 3.05) is 26.1 Å². The predicted octanol–water partition coefficient (Wildman–Crippen LogP) is 6.60. The van der Waals surface area contributed by atoms with Gasteiger partial charge in [-0.2, -0.15) is 0 Å². The van der Waals surface area contributed by atoms with E-state index in [9.17, 15) is 9.59 Å². The number of carbonyl (C=O) groups excluding carboxylic acids is 2. The summed E-state index contributed by atoms with van der Waals surface area (Å²) in [7, 11) is 3.13. The minimum absolute atomic E-state index is 0.213. The maximum absolute atomic E-state index is 12.8. The average molecular weight is 553 g/mol. The van der Waals surface area contributed by atoms with E-state index in [2.05, 4.69) is 21.2 Å². The summed E-state index contributed by atoms with van der Waals surface area (Å²) in [6.45, 7) is 1.97. The van der Waals surface area contributed by atoms with Gasteiger partial charge in [0.25, 0.3) is 0 Å². The molecule has 0 aliphatic rings. The average Bonchev–Trinajstić information content (AvgIpc) is 3.22. The van der Waals surface area contributed by atoms with Crippen molar-refractivity contribution < 1.29 is 23.8 Å². The Bertz CT molecular complexity index is 1150. The van der Waals surface area contributed by atoms with Crippen molar-refractivity contribution in [3.8, 4) is 22.6 Å². The SMILES string of the molecule is CCOC(=O)c1c(-c2ccc(Cl)cc2)csc1NC(=O)CCc1cc(OC)c(OC)cc1Br. The maximum Gasteiger partial charge on any atom is 0.341 e. The fraction of sp³-hybridized carbons (Fsp3) is 0.250. The van der Waals surface area contributed by atoms with E-state index in [-0.39, 0.29) is 18.9 Å². The van der Waals surface area contributed by atoms with Gasteiger partial charge in [0.05, 0.1) is 20.8 Å². The molecule has 2 aromatic carbocycles. The van der Waals surface area contributed by atoms with Crippen LogP contribution < -0.4 is 14.8 Å². The Morgan fingerprint density at radius 3 is 2.39 bits per heavy atom. The van der Waals surface area contributed by atoms with Crippen LogP contribution in [0.25, 0.3) is 11.1 Å². The van der Waals surface area contributed by atoms with Gasteiger partial charge in [-0.1, -0.05) is 39.7 Å². The van der Waals surface area contributed by atoms with Gasteiger partial charge in [-0.3, -0.25) is 4.79 Å². The van der Waals surface area contributed by atoms with Gasteiger partial charge < -0.3 is 19.5 Å². The minimum atomic E-state index is -0.485. The Morgan fingerprint density at radius 2 is 1.76 bits per heavy atom. The fourth-order valence-corrected chi connectivity index (χ4v) is 4.84. The number of esters is 1. The Kier molecular flexibility index (Phi) is 8.77. The molecule has 0 atom stereocenters. The van der Waals surface area contributed by atoms with Crippen molar-refractivity contribution in [1.82, 2.24) is 0 Å². The summed E-state index contributed by atoms with van der Waals surface area (Å²) in [5, 5.41) is 5.76. The van der Waals surface area contributed by atoms with Crippen LogP contribution in [0, 0.1) is 0 Å². The summed E-state index contributed by atoms with van der Waals surface area (Å²) in [5.41, 5.74) is 2.74. The van der Waals surface area contributed by atoms with Gasteiger partial charge >= 0.3 is 5.97 Å². The molecule has 0 saturated carbocycles. The molecule has 9 heteroatoms. The van der Waals surface area contributed by atoms with Crippen molar-refractivity contribution in [2.45, 2.75) is 19.8 Å². The number of halogens is 2. The van der Waals surface area contributed by atoms with Crippen LogP contribution in [-0.2, 0) is 16.0 Å². The van der Waals surface area contributed by atoms with Crippen LogP contribution in [0.2, 0.25) is 5.02 Å². The maximum atomic E-state index is 12.8. The van der Waals surface area contributed by atoms with Gasteiger partial charge in [-0.25, -0.2) is 4.79 Å². The first kappa shape index (κ1) is 25.1. The third-order valence-corrected chi connectivity index (χ3v) is 6.74. The number of hydrogen-bond donors (Lipinski definition) is 1. The molecule has 6 nitrogen and oxygen atoms in total. The van der Waals surface area contributed by atoms with Gasteiger partial charge in [-0.15, -0.1) is 11.3 Å². The van der Waals surface area contributed by atoms with Crippen molar-refractivity contribution in [3.05, 3.63) is 62.4 Å². The number of hydrogen-bond acceptors (Lipinski definition) is 6. The highest BCUT2D eigenvalue weighted by atomic mass is 79.9. The molecule has 3 aromatic rings. The van der Waals surface area contributed by atoms with Crippen LogP contribution in [0.3, 0.4) is 0 Å². The number of anilines is 1. The van der Waals surface area contributed by atoms with E-state index in [1.54, 1.807) is 33.3 Å². The molecule has 0 fully saturated rings. The van der Waals surface area contributed by atoms with E-state index < -0.39 is 5.97 Å². The summed E-state index contributed by atoms with van der Waals surface area (Å²) in [6.07, 6.45) is 0.682. The zero-order valence-electron chi connectivity index (χ0n) is 18.4. The first-order valence-corrected chi connectivity index (χ1v) is 12.2. The molecular formula is C24H23BrClNO5S. The lowest BCUT2D eigenvalue weighted by molar-refractivity contribution is -0.116. The topological polar surface area (TPSA) is 73.9 Å². The zero-order valence-corrected chi connectivity index (χ0v) is 21.5. The normalized spacial score (nSPS) is 10.6. The van der Waals surface area contributed by atoms with E-state index in [0.29, 0.717) is 39.1 Å². The second-order valence-electron chi connectivity index (χ2n) is 6.93. The lowest BCUT2D eigenvalue weighted by Crippen LogP contribution is -2.15. The molecule has 0 aliphatic carbocycles. The molecule has 1 aromatic heterocycles. The Hall–Kier alpha value is -2.55. The standard InChI is InChI=1S/C24H23BrClNO5S/c1-4-32-24(29)22-17(14-5-8-16(26)9-6-14)13-33-23(22)27-21(28)10-7-15-11-19(30-2)20(31-3)12-18(15)25/h5-6,8-9,11-13H,4,7,10H2,1-3H3,(H,27,28).